The van der Waals surface area contributed by atoms with E-state index >= 15 is 0 Å². The molecule has 0 atom stereocenters. The monoisotopic (exact) mass is 469 g/mol. The first-order chi connectivity index (χ1) is 16.9. The fraction of sp³-hybridized carbons (Fsp3) is 0.250. The number of nitrogens with zero attached hydrogens (tertiary/aromatic N) is 1. The number of pyridine rings is 1. The van der Waals surface area contributed by atoms with Gasteiger partial charge in [-0.1, -0.05) is 18.2 Å². The number of carbonyl (C=O) groups is 2. The molecule has 2 heterocycles. The van der Waals surface area contributed by atoms with Gasteiger partial charge in [0.25, 0.3) is 5.91 Å². The Morgan fingerprint density at radius 1 is 1.11 bits per heavy atom. The summed E-state index contributed by atoms with van der Waals surface area (Å²) in [5.74, 6) is 0.736. The third-order valence-electron chi connectivity index (χ3n) is 7.47. The van der Waals surface area contributed by atoms with Gasteiger partial charge in [0.15, 0.2) is 5.78 Å². The maximum Gasteiger partial charge on any atom is 0.255 e. The summed E-state index contributed by atoms with van der Waals surface area (Å²) in [6.07, 6.45) is 4.10. The van der Waals surface area contributed by atoms with Gasteiger partial charge in [0.1, 0.15) is 17.4 Å². The molecule has 176 valence electrons. The van der Waals surface area contributed by atoms with E-state index in [1.165, 1.54) is 38.4 Å². The van der Waals surface area contributed by atoms with Crippen molar-refractivity contribution in [3.8, 4) is 22.5 Å². The lowest BCUT2D eigenvalue weighted by Crippen LogP contribution is -2.52. The van der Waals surface area contributed by atoms with E-state index in [-0.39, 0.29) is 40.2 Å². The first-order valence-electron chi connectivity index (χ1n) is 11.7. The summed E-state index contributed by atoms with van der Waals surface area (Å²) in [5, 5.41) is 3.12. The van der Waals surface area contributed by atoms with Crippen LogP contribution in [0.3, 0.4) is 0 Å². The van der Waals surface area contributed by atoms with Gasteiger partial charge in [0, 0.05) is 30.2 Å². The van der Waals surface area contributed by atoms with Gasteiger partial charge in [0.05, 0.1) is 10.9 Å². The average molecular weight is 470 g/mol. The predicted octanol–water partition coefficient (Wildman–Crippen LogP) is 5.62. The highest BCUT2D eigenvalue weighted by Gasteiger charge is 2.56. The zero-order valence-electron chi connectivity index (χ0n) is 19.2. The summed E-state index contributed by atoms with van der Waals surface area (Å²) in [5.41, 5.74) is 9.58. The highest BCUT2D eigenvalue weighted by Crippen LogP contribution is 2.66. The van der Waals surface area contributed by atoms with Crippen LogP contribution in [0.5, 0.6) is 0 Å². The summed E-state index contributed by atoms with van der Waals surface area (Å²) in [7, 11) is 1.53. The minimum absolute atomic E-state index is 0.144. The summed E-state index contributed by atoms with van der Waals surface area (Å²) in [6, 6.07) is 14.9. The van der Waals surface area contributed by atoms with Crippen molar-refractivity contribution < 1.29 is 18.4 Å². The zero-order valence-corrected chi connectivity index (χ0v) is 19.2. The smallest absolute Gasteiger partial charge is 0.255 e. The highest BCUT2D eigenvalue weighted by atomic mass is 19.1. The summed E-state index contributed by atoms with van der Waals surface area (Å²) in [6.45, 7) is 0. The van der Waals surface area contributed by atoms with Crippen LogP contribution in [-0.2, 0) is 0 Å². The minimum Gasteiger partial charge on any atom is -0.437 e. The van der Waals surface area contributed by atoms with E-state index in [1.54, 1.807) is 18.2 Å². The number of nitrogen functional groups attached to an aromatic ring is 1. The molecule has 35 heavy (non-hydrogen) atoms. The molecule has 0 spiro atoms. The molecule has 3 saturated carbocycles. The number of amides is 1. The summed E-state index contributed by atoms with van der Waals surface area (Å²) < 4.78 is 19.4. The van der Waals surface area contributed by atoms with E-state index in [0.717, 1.165) is 11.5 Å². The number of benzene rings is 2. The molecule has 0 unspecified atom stereocenters. The number of carbonyl (C=O) groups excluding carboxylic acids is 2. The molecule has 3 aliphatic rings. The quantitative estimate of drug-likeness (QED) is 0.357. The first kappa shape index (κ1) is 21.5. The molecule has 4 aromatic rings. The van der Waals surface area contributed by atoms with Crippen LogP contribution in [0.25, 0.3) is 33.6 Å². The SMILES string of the molecule is CNC(=O)c1c(-c2ccc(F)cc2)oc2nc(N)c(-c3cccc(C(=O)CC45CC(C4)C5)c3)cc12. The number of nitrogens with one attached hydrogen (secondary N) is 1. The minimum atomic E-state index is -0.389. The van der Waals surface area contributed by atoms with Crippen LogP contribution < -0.4 is 11.1 Å². The molecule has 7 rings (SSSR count). The normalized spacial score (nSPS) is 20.2. The van der Waals surface area contributed by atoms with Crippen LogP contribution in [0.2, 0.25) is 0 Å². The van der Waals surface area contributed by atoms with Gasteiger partial charge in [0.2, 0.25) is 5.71 Å². The number of fused-ring (bicyclic) bond motifs is 1. The Kier molecular flexibility index (Phi) is 4.78. The molecular weight excluding hydrogens is 445 g/mol. The van der Waals surface area contributed by atoms with Crippen LogP contribution in [-0.4, -0.2) is 23.7 Å². The topological polar surface area (TPSA) is 98.2 Å². The molecule has 0 aliphatic heterocycles. The summed E-state index contributed by atoms with van der Waals surface area (Å²) >= 11 is 0. The van der Waals surface area contributed by atoms with Gasteiger partial charge in [-0.2, -0.15) is 4.98 Å². The lowest BCUT2D eigenvalue weighted by molar-refractivity contribution is -0.103. The second-order valence-corrected chi connectivity index (χ2v) is 9.83. The van der Waals surface area contributed by atoms with Gasteiger partial charge < -0.3 is 15.5 Å². The molecule has 3 N–H and O–H groups in total. The number of hydrogen-bond acceptors (Lipinski definition) is 5. The van der Waals surface area contributed by atoms with Crippen LogP contribution >= 0.6 is 0 Å². The van der Waals surface area contributed by atoms with Crippen molar-refractivity contribution in [2.75, 3.05) is 12.8 Å². The van der Waals surface area contributed by atoms with Crippen molar-refractivity contribution in [1.82, 2.24) is 10.3 Å². The third-order valence-corrected chi connectivity index (χ3v) is 7.47. The van der Waals surface area contributed by atoms with Crippen LogP contribution in [0, 0.1) is 17.2 Å². The van der Waals surface area contributed by atoms with E-state index in [0.29, 0.717) is 34.1 Å². The van der Waals surface area contributed by atoms with Crippen molar-refractivity contribution in [2.24, 2.45) is 11.3 Å². The maximum absolute atomic E-state index is 13.5. The second-order valence-electron chi connectivity index (χ2n) is 9.83. The van der Waals surface area contributed by atoms with E-state index in [2.05, 4.69) is 10.3 Å². The number of hydrogen-bond donors (Lipinski definition) is 2. The maximum atomic E-state index is 13.5. The number of halogens is 1. The molecule has 2 aromatic carbocycles. The van der Waals surface area contributed by atoms with Crippen molar-refractivity contribution in [3.05, 3.63) is 71.5 Å². The van der Waals surface area contributed by atoms with Crippen LogP contribution in [0.4, 0.5) is 10.2 Å². The summed E-state index contributed by atoms with van der Waals surface area (Å²) in [4.78, 5) is 30.3. The van der Waals surface area contributed by atoms with E-state index < -0.39 is 0 Å². The highest BCUT2D eigenvalue weighted by molar-refractivity contribution is 6.11. The van der Waals surface area contributed by atoms with Crippen molar-refractivity contribution in [3.63, 3.8) is 0 Å². The number of aromatic nitrogens is 1. The fourth-order valence-corrected chi connectivity index (χ4v) is 5.60. The number of nitrogens with two attached hydrogens (primary N) is 1. The molecule has 1 amide bonds. The number of furan rings is 1. The van der Waals surface area contributed by atoms with Crippen molar-refractivity contribution in [1.29, 1.82) is 0 Å². The molecule has 0 radical (unpaired) electrons. The lowest BCUT2D eigenvalue weighted by atomic mass is 9.43. The molecule has 3 fully saturated rings. The lowest BCUT2D eigenvalue weighted by Gasteiger charge is -2.62. The van der Waals surface area contributed by atoms with E-state index in [1.807, 2.05) is 24.3 Å². The third kappa shape index (κ3) is 3.50. The predicted molar refractivity (Wildman–Crippen MR) is 131 cm³/mol. The van der Waals surface area contributed by atoms with Gasteiger partial charge in [-0.15, -0.1) is 0 Å². The van der Waals surface area contributed by atoms with Gasteiger partial charge in [-0.25, -0.2) is 4.39 Å². The molecule has 7 heteroatoms. The Labute approximate surface area is 201 Å². The first-order valence-corrected chi connectivity index (χ1v) is 11.7. The standard InChI is InChI=1S/C28H24FN3O3/c1-31-26(34)23-21-10-20(25(30)32-27(21)35-24(23)16-5-7-19(29)8-6-16)17-3-2-4-18(9-17)22(33)14-28-11-15(12-28)13-28/h2-10,15H,11-14H2,1H3,(H2,30,32)(H,31,34). The fourth-order valence-electron chi connectivity index (χ4n) is 5.60. The number of anilines is 1. The van der Waals surface area contributed by atoms with E-state index in [9.17, 15) is 14.0 Å². The van der Waals surface area contributed by atoms with Crippen molar-refractivity contribution >= 4 is 28.6 Å². The Morgan fingerprint density at radius 2 is 1.86 bits per heavy atom. The van der Waals surface area contributed by atoms with Crippen LogP contribution in [0.1, 0.15) is 46.4 Å². The Morgan fingerprint density at radius 3 is 2.51 bits per heavy atom. The molecule has 2 bridgehead atoms. The number of rotatable bonds is 6. The molecular formula is C28H24FN3O3. The van der Waals surface area contributed by atoms with Gasteiger partial charge in [-0.3, -0.25) is 9.59 Å². The largest absolute Gasteiger partial charge is 0.437 e. The van der Waals surface area contributed by atoms with Gasteiger partial charge in [-0.05, 0) is 72.6 Å². The number of Topliss-reactive ketones (excluding diaryl/α,β-unsaturated/α-hetero) is 1. The number of ketones is 1. The Hall–Kier alpha value is -4.00. The molecule has 6 nitrogen and oxygen atoms in total. The average Bonchev–Trinajstić information content (AvgIpc) is 3.18. The Bertz CT molecular complexity index is 1490. The Balaban J connectivity index is 1.43. The van der Waals surface area contributed by atoms with E-state index in [4.69, 9.17) is 10.2 Å². The van der Waals surface area contributed by atoms with Gasteiger partial charge >= 0.3 is 0 Å². The molecule has 3 aliphatic carbocycles. The zero-order chi connectivity index (χ0) is 24.3. The molecule has 2 aromatic heterocycles. The van der Waals surface area contributed by atoms with Crippen LogP contribution in [0.15, 0.2) is 59.0 Å². The molecule has 0 saturated heterocycles. The second kappa shape index (κ2) is 7.77. The van der Waals surface area contributed by atoms with Crippen molar-refractivity contribution in [2.45, 2.75) is 25.7 Å².